The first-order chi connectivity index (χ1) is 14.5. The SMILES string of the molecule is NC(=O)Cn1nnnc1SCC1=C(C(=O)O)N2C(=O)[C@@H]3[C@H]2[C@H](C1)CN3C(=O)C(F)(F)F. The number of rotatable bonds is 6. The van der Waals surface area contributed by atoms with Crippen LogP contribution in [-0.4, -0.2) is 89.4 Å². The summed E-state index contributed by atoms with van der Waals surface area (Å²) in [6.45, 7) is -0.609. The highest BCUT2D eigenvalue weighted by Crippen LogP contribution is 2.48. The van der Waals surface area contributed by atoms with E-state index in [1.54, 1.807) is 0 Å². The molecule has 0 bridgehead atoms. The fourth-order valence-corrected chi connectivity index (χ4v) is 5.14. The van der Waals surface area contributed by atoms with Crippen molar-refractivity contribution in [2.45, 2.75) is 36.4 Å². The topological polar surface area (TPSA) is 165 Å². The number of nitrogens with zero attached hydrogens (tertiary/aromatic N) is 6. The van der Waals surface area contributed by atoms with Gasteiger partial charge in [0.2, 0.25) is 11.1 Å². The molecular formula is C15H14F3N7O5S. The fraction of sp³-hybridized carbons (Fsp3) is 0.533. The predicted molar refractivity (Wildman–Crippen MR) is 92.7 cm³/mol. The molecular weight excluding hydrogens is 447 g/mol. The third-order valence-corrected chi connectivity index (χ3v) is 6.38. The van der Waals surface area contributed by atoms with Crippen molar-refractivity contribution >= 4 is 35.5 Å². The number of carboxylic acid groups (broad SMARTS) is 1. The maximum atomic E-state index is 12.9. The molecule has 2 saturated heterocycles. The van der Waals surface area contributed by atoms with Crippen molar-refractivity contribution in [3.05, 3.63) is 11.3 Å². The van der Waals surface area contributed by atoms with Crippen molar-refractivity contribution in [1.29, 1.82) is 0 Å². The van der Waals surface area contributed by atoms with Gasteiger partial charge in [-0.1, -0.05) is 11.8 Å². The van der Waals surface area contributed by atoms with E-state index in [4.69, 9.17) is 5.73 Å². The van der Waals surface area contributed by atoms with E-state index >= 15 is 0 Å². The zero-order valence-corrected chi connectivity index (χ0v) is 16.3. The summed E-state index contributed by atoms with van der Waals surface area (Å²) >= 11 is 0.989. The van der Waals surface area contributed by atoms with Gasteiger partial charge in [-0.3, -0.25) is 19.3 Å². The number of hydrogen-bond acceptors (Lipinski definition) is 8. The van der Waals surface area contributed by atoms with Gasteiger partial charge >= 0.3 is 18.1 Å². The Balaban J connectivity index is 1.58. The van der Waals surface area contributed by atoms with E-state index in [9.17, 15) is 37.5 Å². The normalized spacial score (nSPS) is 24.9. The predicted octanol–water partition coefficient (Wildman–Crippen LogP) is -1.41. The highest BCUT2D eigenvalue weighted by molar-refractivity contribution is 7.99. The number of β-lactam (4-membered cyclic amide) rings is 1. The smallest absolute Gasteiger partial charge is 0.471 e. The number of aromatic nitrogens is 4. The van der Waals surface area contributed by atoms with Crippen molar-refractivity contribution in [2.75, 3.05) is 12.3 Å². The van der Waals surface area contributed by atoms with Crippen LogP contribution in [0.4, 0.5) is 13.2 Å². The van der Waals surface area contributed by atoms with Gasteiger partial charge in [-0.05, 0) is 22.4 Å². The van der Waals surface area contributed by atoms with E-state index in [2.05, 4.69) is 15.5 Å². The lowest BCUT2D eigenvalue weighted by atomic mass is 9.79. The van der Waals surface area contributed by atoms with Crippen molar-refractivity contribution in [3.8, 4) is 0 Å². The molecule has 1 aromatic rings. The maximum Gasteiger partial charge on any atom is 0.471 e. The number of hydrogen-bond donors (Lipinski definition) is 2. The molecule has 31 heavy (non-hydrogen) atoms. The highest BCUT2D eigenvalue weighted by atomic mass is 32.2. The summed E-state index contributed by atoms with van der Waals surface area (Å²) in [5, 5.41) is 20.6. The second-order valence-electron chi connectivity index (χ2n) is 7.19. The number of halogens is 3. The van der Waals surface area contributed by atoms with Crippen molar-refractivity contribution in [2.24, 2.45) is 11.7 Å². The first-order valence-electron chi connectivity index (χ1n) is 8.84. The van der Waals surface area contributed by atoms with Crippen LogP contribution in [0.3, 0.4) is 0 Å². The molecule has 0 aromatic carbocycles. The number of carbonyl (C=O) groups excluding carboxylic acids is 3. The molecule has 166 valence electrons. The van der Waals surface area contributed by atoms with Crippen molar-refractivity contribution in [3.63, 3.8) is 0 Å². The molecule has 4 heterocycles. The first kappa shape index (κ1) is 21.1. The minimum absolute atomic E-state index is 0.00561. The number of carbonyl (C=O) groups is 4. The Bertz CT molecular complexity index is 1020. The number of carboxylic acids is 1. The van der Waals surface area contributed by atoms with Gasteiger partial charge in [0.1, 0.15) is 18.3 Å². The minimum atomic E-state index is -5.13. The summed E-state index contributed by atoms with van der Waals surface area (Å²) in [6.07, 6.45) is -5.05. The van der Waals surface area contributed by atoms with Gasteiger partial charge in [-0.2, -0.15) is 13.2 Å². The van der Waals surface area contributed by atoms with Gasteiger partial charge in [0.25, 0.3) is 5.91 Å². The number of primary amides is 1. The van der Waals surface area contributed by atoms with Gasteiger partial charge in [-0.15, -0.1) is 5.10 Å². The van der Waals surface area contributed by atoms with E-state index in [1.165, 1.54) is 0 Å². The molecule has 1 aromatic heterocycles. The van der Waals surface area contributed by atoms with Crippen LogP contribution < -0.4 is 5.73 Å². The third-order valence-electron chi connectivity index (χ3n) is 5.33. The molecule has 16 heteroatoms. The summed E-state index contributed by atoms with van der Waals surface area (Å²) in [4.78, 5) is 48.7. The number of aliphatic carboxylic acids is 1. The van der Waals surface area contributed by atoms with Crippen LogP contribution in [0.15, 0.2) is 16.4 Å². The van der Waals surface area contributed by atoms with Crippen LogP contribution in [0.2, 0.25) is 0 Å². The van der Waals surface area contributed by atoms with Crippen molar-refractivity contribution in [1.82, 2.24) is 30.0 Å². The van der Waals surface area contributed by atoms with E-state index < -0.39 is 47.9 Å². The molecule has 3 N–H and O–H groups in total. The molecule has 2 fully saturated rings. The molecule has 0 spiro atoms. The Kier molecular flexibility index (Phi) is 4.90. The second-order valence-corrected chi connectivity index (χ2v) is 8.14. The largest absolute Gasteiger partial charge is 0.477 e. The molecule has 0 aliphatic carbocycles. The quantitative estimate of drug-likeness (QED) is 0.383. The van der Waals surface area contributed by atoms with Crippen LogP contribution in [0.25, 0.3) is 0 Å². The lowest BCUT2D eigenvalue weighted by Gasteiger charge is -2.49. The second kappa shape index (κ2) is 7.21. The third kappa shape index (κ3) is 3.39. The highest BCUT2D eigenvalue weighted by Gasteiger charge is 2.66. The average molecular weight is 461 g/mol. The first-order valence-corrected chi connectivity index (χ1v) is 9.82. The Hall–Kier alpha value is -3.17. The fourth-order valence-electron chi connectivity index (χ4n) is 4.24. The van der Waals surface area contributed by atoms with Gasteiger partial charge in [0.05, 0.1) is 6.04 Å². The summed E-state index contributed by atoms with van der Waals surface area (Å²) in [7, 11) is 0. The van der Waals surface area contributed by atoms with Crippen molar-refractivity contribution < 1.29 is 37.5 Å². The van der Waals surface area contributed by atoms with E-state index in [1.807, 2.05) is 0 Å². The molecule has 3 atom stereocenters. The Morgan fingerprint density at radius 2 is 2.00 bits per heavy atom. The summed E-state index contributed by atoms with van der Waals surface area (Å²) in [6, 6.07) is -2.12. The number of tetrazole rings is 1. The number of thioether (sulfide) groups is 1. The maximum absolute atomic E-state index is 12.9. The van der Waals surface area contributed by atoms with Gasteiger partial charge in [-0.25, -0.2) is 9.48 Å². The number of likely N-dealkylation sites (tertiary alicyclic amines) is 1. The minimum Gasteiger partial charge on any atom is -0.477 e. The van der Waals surface area contributed by atoms with Crippen LogP contribution in [0.5, 0.6) is 0 Å². The lowest BCUT2D eigenvalue weighted by Crippen LogP contribution is -2.70. The Morgan fingerprint density at radius 1 is 1.29 bits per heavy atom. The summed E-state index contributed by atoms with van der Waals surface area (Å²) in [5.41, 5.74) is 5.09. The average Bonchev–Trinajstić information content (AvgIpc) is 3.25. The Labute approximate surface area is 175 Å². The number of amides is 3. The molecule has 12 nitrogen and oxygen atoms in total. The number of nitrogens with two attached hydrogens (primary N) is 1. The summed E-state index contributed by atoms with van der Waals surface area (Å²) < 4.78 is 39.8. The van der Waals surface area contributed by atoms with Gasteiger partial charge in [0.15, 0.2) is 0 Å². The molecule has 0 unspecified atom stereocenters. The molecule has 0 saturated carbocycles. The molecule has 3 aliphatic rings. The zero-order valence-electron chi connectivity index (χ0n) is 15.4. The van der Waals surface area contributed by atoms with Crippen LogP contribution in [0, 0.1) is 5.92 Å². The van der Waals surface area contributed by atoms with Crippen LogP contribution >= 0.6 is 11.8 Å². The molecule has 3 aliphatic heterocycles. The van der Waals surface area contributed by atoms with E-state index in [-0.39, 0.29) is 36.1 Å². The zero-order chi connectivity index (χ0) is 22.7. The van der Waals surface area contributed by atoms with Gasteiger partial charge in [0, 0.05) is 18.2 Å². The monoisotopic (exact) mass is 461 g/mol. The van der Waals surface area contributed by atoms with Crippen LogP contribution in [0.1, 0.15) is 6.42 Å². The lowest BCUT2D eigenvalue weighted by molar-refractivity contribution is -0.190. The van der Waals surface area contributed by atoms with E-state index in [0.29, 0.717) is 10.5 Å². The number of alkyl halides is 3. The van der Waals surface area contributed by atoms with Gasteiger partial charge < -0.3 is 15.7 Å². The Morgan fingerprint density at radius 3 is 2.61 bits per heavy atom. The standard InChI is InChI=1S/C15H14F3N7O5S/c16-15(17,18)13(30)23-2-5-1-6(4-31-14-20-21-22-24(14)3-7(19)26)9(12(28)29)25-8(5)10(23)11(25)27/h5,8,10H,1-4H2,(H2,19,26)(H,28,29)/t5-,8-,10+/m1/s1. The summed E-state index contributed by atoms with van der Waals surface area (Å²) in [5.74, 6) is -5.60. The van der Waals surface area contributed by atoms with Crippen LogP contribution in [-0.2, 0) is 25.7 Å². The van der Waals surface area contributed by atoms with E-state index in [0.717, 1.165) is 21.3 Å². The molecule has 4 rings (SSSR count). The molecule has 0 radical (unpaired) electrons. The molecule has 3 amide bonds.